The van der Waals surface area contributed by atoms with E-state index in [0.29, 0.717) is 5.56 Å². The highest BCUT2D eigenvalue weighted by atomic mass is 16.1. The van der Waals surface area contributed by atoms with Crippen LogP contribution in [-0.4, -0.2) is 63.7 Å². The molecule has 8 heteroatoms. The van der Waals surface area contributed by atoms with Gasteiger partial charge in [-0.25, -0.2) is 4.68 Å². The predicted octanol–water partition coefficient (Wildman–Crippen LogP) is 2.06. The molecule has 2 heterocycles. The molecule has 0 radical (unpaired) electrons. The molecule has 1 fully saturated rings. The molecule has 144 valence electrons. The van der Waals surface area contributed by atoms with Crippen molar-refractivity contribution in [1.82, 2.24) is 25.1 Å². The van der Waals surface area contributed by atoms with E-state index in [1.165, 1.54) is 16.7 Å². The van der Waals surface area contributed by atoms with E-state index in [0.717, 1.165) is 44.1 Å². The van der Waals surface area contributed by atoms with Crippen molar-refractivity contribution in [2.75, 3.05) is 42.9 Å². The second-order valence-corrected chi connectivity index (χ2v) is 6.73. The minimum absolute atomic E-state index is 0.167. The van der Waals surface area contributed by atoms with Crippen molar-refractivity contribution in [1.29, 1.82) is 0 Å². The highest BCUT2D eigenvalue weighted by Gasteiger charge is 2.16. The number of amides is 1. The number of carbonyl (C=O) groups excluding carboxylic acids is 1. The maximum Gasteiger partial charge on any atom is 0.255 e. The van der Waals surface area contributed by atoms with E-state index < -0.39 is 0 Å². The number of carbonyl (C=O) groups is 1. The zero-order valence-electron chi connectivity index (χ0n) is 15.8. The second kappa shape index (κ2) is 8.18. The van der Waals surface area contributed by atoms with Crippen molar-refractivity contribution in [2.24, 2.45) is 0 Å². The molecular weight excluding hydrogens is 354 g/mol. The number of rotatable bonds is 5. The average Bonchev–Trinajstić information content (AvgIpc) is 3.29. The van der Waals surface area contributed by atoms with Crippen LogP contribution in [0.25, 0.3) is 5.69 Å². The van der Waals surface area contributed by atoms with Gasteiger partial charge in [0.25, 0.3) is 5.91 Å². The monoisotopic (exact) mass is 377 g/mol. The molecule has 1 aliphatic rings. The Labute approximate surface area is 163 Å². The molecule has 0 saturated carbocycles. The Morgan fingerprint density at radius 1 is 1.04 bits per heavy atom. The van der Waals surface area contributed by atoms with Crippen LogP contribution in [0.3, 0.4) is 0 Å². The van der Waals surface area contributed by atoms with Gasteiger partial charge in [-0.15, -0.1) is 5.10 Å². The zero-order chi connectivity index (χ0) is 19.3. The Kier molecular flexibility index (Phi) is 5.29. The van der Waals surface area contributed by atoms with Crippen LogP contribution in [0.1, 0.15) is 17.3 Å². The van der Waals surface area contributed by atoms with Crippen LogP contribution < -0.4 is 10.2 Å². The van der Waals surface area contributed by atoms with Crippen LogP contribution in [0.5, 0.6) is 0 Å². The van der Waals surface area contributed by atoms with E-state index >= 15 is 0 Å². The van der Waals surface area contributed by atoms with Crippen molar-refractivity contribution in [3.63, 3.8) is 0 Å². The molecule has 3 aromatic rings. The summed E-state index contributed by atoms with van der Waals surface area (Å²) < 4.78 is 1.52. The summed E-state index contributed by atoms with van der Waals surface area (Å²) in [5.41, 5.74) is 3.25. The maximum atomic E-state index is 12.6. The molecule has 1 saturated heterocycles. The Bertz CT molecular complexity index is 916. The van der Waals surface area contributed by atoms with E-state index in [9.17, 15) is 4.79 Å². The summed E-state index contributed by atoms with van der Waals surface area (Å²) in [5.74, 6) is -0.167. The van der Waals surface area contributed by atoms with Gasteiger partial charge in [0.15, 0.2) is 0 Å². The second-order valence-electron chi connectivity index (χ2n) is 6.73. The van der Waals surface area contributed by atoms with Gasteiger partial charge in [-0.05, 0) is 59.4 Å². The highest BCUT2D eigenvalue weighted by molar-refractivity contribution is 6.04. The number of nitrogens with one attached hydrogen (secondary N) is 1. The number of hydrogen-bond acceptors (Lipinski definition) is 6. The predicted molar refractivity (Wildman–Crippen MR) is 108 cm³/mol. The smallest absolute Gasteiger partial charge is 0.255 e. The number of hydrogen-bond donors (Lipinski definition) is 1. The lowest BCUT2D eigenvalue weighted by Gasteiger charge is -2.35. The summed E-state index contributed by atoms with van der Waals surface area (Å²) in [5, 5.41) is 14.0. The van der Waals surface area contributed by atoms with Gasteiger partial charge in [0.05, 0.1) is 5.69 Å². The number of tetrazole rings is 1. The lowest BCUT2D eigenvalue weighted by molar-refractivity contribution is 0.102. The van der Waals surface area contributed by atoms with Gasteiger partial charge in [-0.2, -0.15) is 0 Å². The molecule has 1 aliphatic heterocycles. The van der Waals surface area contributed by atoms with Crippen LogP contribution in [0.4, 0.5) is 11.4 Å². The average molecular weight is 377 g/mol. The topological polar surface area (TPSA) is 79.2 Å². The number of aromatic nitrogens is 4. The lowest BCUT2D eigenvalue weighted by Crippen LogP contribution is -2.46. The molecule has 0 bridgehead atoms. The fourth-order valence-electron chi connectivity index (χ4n) is 3.35. The van der Waals surface area contributed by atoms with E-state index in [1.54, 1.807) is 12.1 Å². The summed E-state index contributed by atoms with van der Waals surface area (Å²) in [6, 6.07) is 15.2. The number of likely N-dealkylation sites (N-methyl/N-ethyl adjacent to an activating group) is 1. The molecule has 0 spiro atoms. The fraction of sp³-hybridized carbons (Fsp3) is 0.300. The molecular formula is C20H23N7O. The Balaban J connectivity index is 1.41. The van der Waals surface area contributed by atoms with Gasteiger partial charge < -0.3 is 15.1 Å². The molecule has 2 aromatic carbocycles. The highest BCUT2D eigenvalue weighted by Crippen LogP contribution is 2.20. The molecule has 1 amide bonds. The lowest BCUT2D eigenvalue weighted by atomic mass is 10.1. The standard InChI is InChI=1S/C20H23N7O/c1-2-25-10-12-26(13-11-25)18-8-6-17(7-9-18)22-20(28)16-4-3-5-19(14-16)27-15-21-23-24-27/h3-9,14-15H,2,10-13H2,1H3,(H,22,28). The van der Waals surface area contributed by atoms with Gasteiger partial charge in [0.2, 0.25) is 0 Å². The van der Waals surface area contributed by atoms with Crippen molar-refractivity contribution < 1.29 is 4.79 Å². The summed E-state index contributed by atoms with van der Waals surface area (Å²) in [7, 11) is 0. The van der Waals surface area contributed by atoms with Gasteiger partial charge in [-0.3, -0.25) is 4.79 Å². The summed E-state index contributed by atoms with van der Waals surface area (Å²) in [4.78, 5) is 17.4. The first kappa shape index (κ1) is 18.1. The summed E-state index contributed by atoms with van der Waals surface area (Å²) >= 11 is 0. The Morgan fingerprint density at radius 3 is 2.50 bits per heavy atom. The minimum Gasteiger partial charge on any atom is -0.369 e. The van der Waals surface area contributed by atoms with Crippen molar-refractivity contribution >= 4 is 17.3 Å². The molecule has 28 heavy (non-hydrogen) atoms. The first-order valence-electron chi connectivity index (χ1n) is 9.45. The van der Waals surface area contributed by atoms with E-state index in [1.807, 2.05) is 24.3 Å². The number of piperazine rings is 1. The molecule has 0 aliphatic carbocycles. The molecule has 8 nitrogen and oxygen atoms in total. The minimum atomic E-state index is -0.167. The summed E-state index contributed by atoms with van der Waals surface area (Å²) in [6.45, 7) is 7.55. The van der Waals surface area contributed by atoms with Crippen molar-refractivity contribution in [3.8, 4) is 5.69 Å². The van der Waals surface area contributed by atoms with Gasteiger partial charge >= 0.3 is 0 Å². The number of nitrogens with zero attached hydrogens (tertiary/aromatic N) is 6. The molecule has 4 rings (SSSR count). The fourth-order valence-corrected chi connectivity index (χ4v) is 3.35. The molecule has 0 atom stereocenters. The Hall–Kier alpha value is -3.26. The first-order chi connectivity index (χ1) is 13.7. The van der Waals surface area contributed by atoms with Gasteiger partial charge in [0, 0.05) is 43.1 Å². The van der Waals surface area contributed by atoms with Crippen LogP contribution in [0, 0.1) is 0 Å². The SMILES string of the molecule is CCN1CCN(c2ccc(NC(=O)c3cccc(-n4cnnn4)c3)cc2)CC1. The van der Waals surface area contributed by atoms with E-state index in [2.05, 4.69) is 49.7 Å². The molecule has 0 unspecified atom stereocenters. The van der Waals surface area contributed by atoms with Crippen molar-refractivity contribution in [3.05, 3.63) is 60.4 Å². The molecule has 1 N–H and O–H groups in total. The van der Waals surface area contributed by atoms with E-state index in [4.69, 9.17) is 0 Å². The third kappa shape index (κ3) is 4.01. The molecule has 1 aromatic heterocycles. The first-order valence-corrected chi connectivity index (χ1v) is 9.45. The van der Waals surface area contributed by atoms with Crippen molar-refractivity contribution in [2.45, 2.75) is 6.92 Å². The Morgan fingerprint density at radius 2 is 1.82 bits per heavy atom. The summed E-state index contributed by atoms with van der Waals surface area (Å²) in [6.07, 6.45) is 1.50. The van der Waals surface area contributed by atoms with Crippen LogP contribution in [-0.2, 0) is 0 Å². The van der Waals surface area contributed by atoms with Crippen LogP contribution in [0.15, 0.2) is 54.9 Å². The van der Waals surface area contributed by atoms with Crippen LogP contribution in [0.2, 0.25) is 0 Å². The van der Waals surface area contributed by atoms with Gasteiger partial charge in [0.1, 0.15) is 6.33 Å². The normalized spacial score (nSPS) is 14.8. The van der Waals surface area contributed by atoms with Gasteiger partial charge in [-0.1, -0.05) is 13.0 Å². The number of anilines is 2. The zero-order valence-corrected chi connectivity index (χ0v) is 15.8. The largest absolute Gasteiger partial charge is 0.369 e. The quantitative estimate of drug-likeness (QED) is 0.733. The third-order valence-electron chi connectivity index (χ3n) is 5.03. The maximum absolute atomic E-state index is 12.6. The third-order valence-corrected chi connectivity index (χ3v) is 5.03. The van der Waals surface area contributed by atoms with E-state index in [-0.39, 0.29) is 5.91 Å². The van der Waals surface area contributed by atoms with Crippen LogP contribution >= 0.6 is 0 Å². The number of benzene rings is 2.